The molecule has 0 aliphatic heterocycles. The third kappa shape index (κ3) is 1.60. The quantitative estimate of drug-likeness (QED) is 0.458. The summed E-state index contributed by atoms with van der Waals surface area (Å²) in [7, 11) is 0. The Balaban J connectivity index is 2.13. The van der Waals surface area contributed by atoms with Gasteiger partial charge in [0, 0.05) is 16.1 Å². The molecule has 0 fully saturated rings. The van der Waals surface area contributed by atoms with E-state index < -0.39 is 0 Å². The summed E-state index contributed by atoms with van der Waals surface area (Å²) in [4.78, 5) is 12.8. The minimum absolute atomic E-state index is 0.0676. The molecule has 0 aromatic heterocycles. The van der Waals surface area contributed by atoms with E-state index in [0.717, 1.165) is 33.9 Å². The molecule has 0 saturated carbocycles. The van der Waals surface area contributed by atoms with E-state index in [1.54, 1.807) is 6.07 Å². The summed E-state index contributed by atoms with van der Waals surface area (Å²) in [5.41, 5.74) is 3.75. The number of ketones is 1. The molecule has 0 spiro atoms. The fourth-order valence-electron chi connectivity index (χ4n) is 3.02. The van der Waals surface area contributed by atoms with Gasteiger partial charge in [0.05, 0.1) is 0 Å². The Morgan fingerprint density at radius 1 is 0.850 bits per heavy atom. The average Bonchev–Trinajstić information content (AvgIpc) is 2.58. The molecule has 3 aromatic rings. The van der Waals surface area contributed by atoms with Crippen LogP contribution < -0.4 is 0 Å². The van der Waals surface area contributed by atoms with Crippen LogP contribution in [0.4, 0.5) is 0 Å². The molecule has 1 aliphatic carbocycles. The molecule has 1 aliphatic rings. The van der Waals surface area contributed by atoms with Gasteiger partial charge in [-0.25, -0.2) is 0 Å². The van der Waals surface area contributed by atoms with Crippen LogP contribution in [0.25, 0.3) is 10.8 Å². The number of carbonyl (C=O) groups excluding carboxylic acids is 1. The van der Waals surface area contributed by atoms with Crippen molar-refractivity contribution < 1.29 is 4.79 Å². The zero-order chi connectivity index (χ0) is 13.7. The number of benzene rings is 3. The summed E-state index contributed by atoms with van der Waals surface area (Å²) >= 11 is 6.06. The van der Waals surface area contributed by atoms with E-state index in [1.165, 1.54) is 5.56 Å². The maximum Gasteiger partial charge on any atom is 0.193 e. The van der Waals surface area contributed by atoms with Crippen LogP contribution >= 0.6 is 11.6 Å². The van der Waals surface area contributed by atoms with Gasteiger partial charge >= 0.3 is 0 Å². The average molecular weight is 279 g/mol. The first-order chi connectivity index (χ1) is 9.74. The van der Waals surface area contributed by atoms with Crippen molar-refractivity contribution in [2.24, 2.45) is 0 Å². The van der Waals surface area contributed by atoms with Gasteiger partial charge in [-0.2, -0.15) is 0 Å². The Hall–Kier alpha value is -2.12. The molecule has 20 heavy (non-hydrogen) atoms. The molecule has 2 heteroatoms. The SMILES string of the molecule is O=C1c2cc(Cl)ccc2Cc2cccc3cccc1c23. The lowest BCUT2D eigenvalue weighted by atomic mass is 9.97. The maximum absolute atomic E-state index is 12.8. The van der Waals surface area contributed by atoms with Crippen molar-refractivity contribution in [3.05, 3.63) is 81.9 Å². The smallest absolute Gasteiger partial charge is 0.193 e. The normalized spacial score (nSPS) is 13.2. The summed E-state index contributed by atoms with van der Waals surface area (Å²) in [6.07, 6.45) is 0.770. The van der Waals surface area contributed by atoms with Crippen LogP contribution in [0.15, 0.2) is 54.6 Å². The van der Waals surface area contributed by atoms with E-state index in [2.05, 4.69) is 18.2 Å². The minimum Gasteiger partial charge on any atom is -0.289 e. The van der Waals surface area contributed by atoms with E-state index in [4.69, 9.17) is 11.6 Å². The number of fused-ring (bicyclic) bond motifs is 1. The first-order valence-corrected chi connectivity index (χ1v) is 6.95. The highest BCUT2D eigenvalue weighted by atomic mass is 35.5. The Bertz CT molecular complexity index is 859. The van der Waals surface area contributed by atoms with Gasteiger partial charge in [0.15, 0.2) is 5.78 Å². The first-order valence-electron chi connectivity index (χ1n) is 6.58. The molecule has 0 amide bonds. The molecule has 0 radical (unpaired) electrons. The van der Waals surface area contributed by atoms with Gasteiger partial charge < -0.3 is 0 Å². The Kier molecular flexibility index (Phi) is 2.45. The van der Waals surface area contributed by atoms with Crippen molar-refractivity contribution in [2.45, 2.75) is 6.42 Å². The zero-order valence-corrected chi connectivity index (χ0v) is 11.4. The van der Waals surface area contributed by atoms with Crippen LogP contribution in [0.5, 0.6) is 0 Å². The molecule has 96 valence electrons. The Morgan fingerprint density at radius 2 is 1.65 bits per heavy atom. The number of rotatable bonds is 0. The van der Waals surface area contributed by atoms with Gasteiger partial charge in [-0.05, 0) is 40.5 Å². The van der Waals surface area contributed by atoms with E-state index in [-0.39, 0.29) is 5.78 Å². The predicted octanol–water partition coefficient (Wildman–Crippen LogP) is 4.63. The van der Waals surface area contributed by atoms with Gasteiger partial charge in [-0.1, -0.05) is 54.1 Å². The molecule has 0 unspecified atom stereocenters. The van der Waals surface area contributed by atoms with Crippen molar-refractivity contribution in [3.63, 3.8) is 0 Å². The third-order valence-electron chi connectivity index (χ3n) is 3.93. The summed E-state index contributed by atoms with van der Waals surface area (Å²) < 4.78 is 0. The second kappa shape index (κ2) is 4.19. The molecule has 0 saturated heterocycles. The lowest BCUT2D eigenvalue weighted by Crippen LogP contribution is -2.03. The maximum atomic E-state index is 12.8. The number of carbonyl (C=O) groups is 1. The van der Waals surface area contributed by atoms with E-state index in [1.807, 2.05) is 30.3 Å². The molecule has 0 heterocycles. The molecule has 0 atom stereocenters. The standard InChI is InChI=1S/C18H11ClO/c19-14-8-7-12-9-13-5-1-3-11-4-2-6-15(17(11)13)18(20)16(12)10-14/h1-8,10H,9H2. The zero-order valence-electron chi connectivity index (χ0n) is 10.7. The van der Waals surface area contributed by atoms with Crippen LogP contribution in [0, 0.1) is 0 Å². The summed E-state index contributed by atoms with van der Waals surface area (Å²) in [6, 6.07) is 17.7. The highest BCUT2D eigenvalue weighted by Crippen LogP contribution is 2.32. The summed E-state index contributed by atoms with van der Waals surface area (Å²) in [5, 5.41) is 2.80. The fourth-order valence-corrected chi connectivity index (χ4v) is 3.19. The van der Waals surface area contributed by atoms with Gasteiger partial charge in [0.25, 0.3) is 0 Å². The molecule has 0 bridgehead atoms. The second-order valence-corrected chi connectivity index (χ2v) is 5.56. The van der Waals surface area contributed by atoms with E-state index >= 15 is 0 Å². The lowest BCUT2D eigenvalue weighted by Gasteiger charge is -2.06. The first kappa shape index (κ1) is 11.7. The topological polar surface area (TPSA) is 17.1 Å². The highest BCUT2D eigenvalue weighted by Gasteiger charge is 2.22. The summed E-state index contributed by atoms with van der Waals surface area (Å²) in [5.74, 6) is 0.0676. The molecular weight excluding hydrogens is 268 g/mol. The van der Waals surface area contributed by atoms with Crippen LogP contribution in [0.2, 0.25) is 5.02 Å². The van der Waals surface area contributed by atoms with Crippen LogP contribution in [-0.2, 0) is 6.42 Å². The summed E-state index contributed by atoms with van der Waals surface area (Å²) in [6.45, 7) is 0. The van der Waals surface area contributed by atoms with Crippen LogP contribution in [0.3, 0.4) is 0 Å². The van der Waals surface area contributed by atoms with E-state index in [0.29, 0.717) is 5.02 Å². The van der Waals surface area contributed by atoms with Gasteiger partial charge in [-0.15, -0.1) is 0 Å². The van der Waals surface area contributed by atoms with Crippen LogP contribution in [0.1, 0.15) is 27.0 Å². The van der Waals surface area contributed by atoms with Gasteiger partial charge in [0.2, 0.25) is 0 Å². The van der Waals surface area contributed by atoms with E-state index in [9.17, 15) is 4.79 Å². The molecule has 3 aromatic carbocycles. The van der Waals surface area contributed by atoms with Gasteiger partial charge in [0.1, 0.15) is 0 Å². The van der Waals surface area contributed by atoms with Crippen molar-refractivity contribution in [1.29, 1.82) is 0 Å². The second-order valence-electron chi connectivity index (χ2n) is 5.13. The fraction of sp³-hybridized carbons (Fsp3) is 0.0556. The third-order valence-corrected chi connectivity index (χ3v) is 4.17. The van der Waals surface area contributed by atoms with Crippen molar-refractivity contribution in [1.82, 2.24) is 0 Å². The van der Waals surface area contributed by atoms with Crippen molar-refractivity contribution >= 4 is 28.2 Å². The number of hydrogen-bond acceptors (Lipinski definition) is 1. The Morgan fingerprint density at radius 3 is 2.50 bits per heavy atom. The Labute approximate surface area is 121 Å². The molecule has 1 nitrogen and oxygen atoms in total. The predicted molar refractivity (Wildman–Crippen MR) is 81.6 cm³/mol. The monoisotopic (exact) mass is 278 g/mol. The molecule has 0 N–H and O–H groups in total. The van der Waals surface area contributed by atoms with Crippen LogP contribution in [-0.4, -0.2) is 5.78 Å². The lowest BCUT2D eigenvalue weighted by molar-refractivity contribution is 0.104. The van der Waals surface area contributed by atoms with Crippen molar-refractivity contribution in [3.8, 4) is 0 Å². The molecular formula is C18H11ClO. The number of hydrogen-bond donors (Lipinski definition) is 0. The minimum atomic E-state index is 0.0676. The molecule has 4 rings (SSSR count). The number of halogens is 1. The largest absolute Gasteiger partial charge is 0.289 e. The van der Waals surface area contributed by atoms with Gasteiger partial charge in [-0.3, -0.25) is 4.79 Å². The highest BCUT2D eigenvalue weighted by molar-refractivity contribution is 6.31. The van der Waals surface area contributed by atoms with Crippen molar-refractivity contribution in [2.75, 3.05) is 0 Å².